The third kappa shape index (κ3) is 7.48. The monoisotopic (exact) mass is 477 g/mol. The van der Waals surface area contributed by atoms with Crippen LogP contribution in [-0.4, -0.2) is 59.6 Å². The van der Waals surface area contributed by atoms with Crippen molar-refractivity contribution in [3.8, 4) is 0 Å². The van der Waals surface area contributed by atoms with Gasteiger partial charge in [-0.05, 0) is 55.1 Å². The fourth-order valence-electron chi connectivity index (χ4n) is 4.11. The quantitative estimate of drug-likeness (QED) is 0.221. The summed E-state index contributed by atoms with van der Waals surface area (Å²) in [6.45, 7) is 4.01. The third-order valence-electron chi connectivity index (χ3n) is 6.08. The number of hydrogen-bond donors (Lipinski definition) is 2. The largest absolute Gasteiger partial charge is 0.481 e. The molecule has 0 saturated carbocycles. The molecular formula is C25H30F3N3O3. The van der Waals surface area contributed by atoms with Crippen LogP contribution in [0.1, 0.15) is 42.4 Å². The molecule has 1 fully saturated rings. The predicted octanol–water partition coefficient (Wildman–Crippen LogP) is 4.89. The molecule has 0 unspecified atom stereocenters. The molecule has 0 bridgehead atoms. The van der Waals surface area contributed by atoms with Crippen LogP contribution in [0.25, 0.3) is 0 Å². The van der Waals surface area contributed by atoms with Crippen molar-refractivity contribution >= 4 is 17.4 Å². The van der Waals surface area contributed by atoms with Crippen molar-refractivity contribution < 1.29 is 28.3 Å². The zero-order chi connectivity index (χ0) is 24.6. The minimum Gasteiger partial charge on any atom is -0.481 e. The van der Waals surface area contributed by atoms with E-state index in [-0.39, 0.29) is 12.8 Å². The lowest BCUT2D eigenvalue weighted by Crippen LogP contribution is -2.46. The number of oxime groups is 1. The highest BCUT2D eigenvalue weighted by Gasteiger charge is 2.31. The number of carboxylic acids is 1. The maximum Gasteiger partial charge on any atom is 0.416 e. The van der Waals surface area contributed by atoms with E-state index >= 15 is 0 Å². The molecule has 2 aromatic carbocycles. The molecule has 0 amide bonds. The molecule has 0 spiro atoms. The normalized spacial score (nSPS) is 15.5. The van der Waals surface area contributed by atoms with E-state index in [2.05, 4.69) is 10.1 Å². The number of piperazine rings is 1. The van der Waals surface area contributed by atoms with E-state index in [9.17, 15) is 18.0 Å². The molecule has 34 heavy (non-hydrogen) atoms. The molecule has 9 heteroatoms. The SMILES string of the molecule is O=C(O)CC/C(=N/O)c1ccc(CCCCN2CCN(c3cccc(C(F)(F)F)c3)CC2)cc1. The molecule has 2 N–H and O–H groups in total. The van der Waals surface area contributed by atoms with Gasteiger partial charge in [-0.3, -0.25) is 9.69 Å². The molecule has 184 valence electrons. The number of alkyl halides is 3. The van der Waals surface area contributed by atoms with E-state index in [0.29, 0.717) is 30.1 Å². The Hall–Kier alpha value is -3.07. The summed E-state index contributed by atoms with van der Waals surface area (Å²) < 4.78 is 38.9. The summed E-state index contributed by atoms with van der Waals surface area (Å²) in [4.78, 5) is 15.1. The van der Waals surface area contributed by atoms with E-state index in [1.54, 1.807) is 6.07 Å². The lowest BCUT2D eigenvalue weighted by Gasteiger charge is -2.36. The van der Waals surface area contributed by atoms with Crippen LogP contribution in [-0.2, 0) is 17.4 Å². The Kier molecular flexibility index (Phi) is 8.92. The number of halogens is 3. The van der Waals surface area contributed by atoms with Crippen LogP contribution in [0.4, 0.5) is 18.9 Å². The second-order valence-electron chi connectivity index (χ2n) is 8.47. The molecule has 2 aromatic rings. The molecule has 1 heterocycles. The number of benzene rings is 2. The van der Waals surface area contributed by atoms with Crippen molar-refractivity contribution in [2.24, 2.45) is 5.16 Å². The summed E-state index contributed by atoms with van der Waals surface area (Å²) in [6, 6.07) is 13.2. The molecule has 0 atom stereocenters. The van der Waals surface area contributed by atoms with Crippen LogP contribution >= 0.6 is 0 Å². The second-order valence-corrected chi connectivity index (χ2v) is 8.47. The molecule has 0 radical (unpaired) electrons. The van der Waals surface area contributed by atoms with Crippen LogP contribution in [0, 0.1) is 0 Å². The molecule has 1 aliphatic heterocycles. The van der Waals surface area contributed by atoms with Crippen molar-refractivity contribution in [1.29, 1.82) is 0 Å². The Labute approximate surface area is 197 Å². The molecular weight excluding hydrogens is 447 g/mol. The fraction of sp³-hybridized carbons (Fsp3) is 0.440. The predicted molar refractivity (Wildman–Crippen MR) is 125 cm³/mol. The number of rotatable bonds is 10. The number of aryl methyl sites for hydroxylation is 1. The highest BCUT2D eigenvalue weighted by Crippen LogP contribution is 2.31. The number of unbranched alkanes of at least 4 members (excludes halogenated alkanes) is 1. The van der Waals surface area contributed by atoms with Crippen LogP contribution in [0.15, 0.2) is 53.7 Å². The molecule has 1 aliphatic rings. The van der Waals surface area contributed by atoms with Gasteiger partial charge in [-0.15, -0.1) is 0 Å². The Morgan fingerprint density at radius 2 is 1.68 bits per heavy atom. The minimum absolute atomic E-state index is 0.0879. The van der Waals surface area contributed by atoms with Crippen molar-refractivity contribution in [2.75, 3.05) is 37.6 Å². The standard InChI is InChI=1S/C25H30F3N3O3/c26-25(27,28)21-5-3-6-22(18-21)31-16-14-30(15-17-31)13-2-1-4-19-7-9-20(10-8-19)23(29-34)11-12-24(32)33/h3,5-10,18,34H,1-2,4,11-17H2,(H,32,33)/b29-23-. The van der Waals surface area contributed by atoms with Gasteiger partial charge < -0.3 is 15.2 Å². The van der Waals surface area contributed by atoms with Gasteiger partial charge in [-0.1, -0.05) is 35.5 Å². The molecule has 0 aliphatic carbocycles. The first-order valence-electron chi connectivity index (χ1n) is 11.4. The van der Waals surface area contributed by atoms with E-state index in [4.69, 9.17) is 10.3 Å². The van der Waals surface area contributed by atoms with Crippen LogP contribution in [0.3, 0.4) is 0 Å². The fourth-order valence-corrected chi connectivity index (χ4v) is 4.11. The van der Waals surface area contributed by atoms with Gasteiger partial charge >= 0.3 is 12.1 Å². The van der Waals surface area contributed by atoms with E-state index < -0.39 is 17.7 Å². The van der Waals surface area contributed by atoms with Crippen LogP contribution < -0.4 is 4.90 Å². The average Bonchev–Trinajstić information content (AvgIpc) is 2.83. The second kappa shape index (κ2) is 11.9. The Morgan fingerprint density at radius 3 is 2.29 bits per heavy atom. The van der Waals surface area contributed by atoms with E-state index in [1.165, 1.54) is 12.1 Å². The summed E-state index contributed by atoms with van der Waals surface area (Å²) in [5, 5.41) is 21.1. The molecule has 3 rings (SSSR count). The summed E-state index contributed by atoms with van der Waals surface area (Å²) in [5.74, 6) is -0.935. The molecule has 6 nitrogen and oxygen atoms in total. The van der Waals surface area contributed by atoms with Gasteiger partial charge in [0.2, 0.25) is 0 Å². The van der Waals surface area contributed by atoms with Gasteiger partial charge in [0.1, 0.15) is 0 Å². The van der Waals surface area contributed by atoms with Crippen LogP contribution in [0.5, 0.6) is 0 Å². The Bertz CT molecular complexity index is 969. The number of aliphatic carboxylic acids is 1. The maximum atomic E-state index is 13.0. The topological polar surface area (TPSA) is 76.4 Å². The maximum absolute atomic E-state index is 13.0. The zero-order valence-electron chi connectivity index (χ0n) is 19.0. The van der Waals surface area contributed by atoms with Gasteiger partial charge in [0.15, 0.2) is 0 Å². The summed E-state index contributed by atoms with van der Waals surface area (Å²) in [5.41, 5.74) is 2.24. The van der Waals surface area contributed by atoms with Crippen molar-refractivity contribution in [2.45, 2.75) is 38.3 Å². The number of carbonyl (C=O) groups is 1. The lowest BCUT2D eigenvalue weighted by molar-refractivity contribution is -0.138. The zero-order valence-corrected chi connectivity index (χ0v) is 19.0. The first-order valence-corrected chi connectivity index (χ1v) is 11.4. The number of nitrogens with zero attached hydrogens (tertiary/aromatic N) is 3. The van der Waals surface area contributed by atoms with Crippen molar-refractivity contribution in [3.05, 3.63) is 65.2 Å². The van der Waals surface area contributed by atoms with Crippen molar-refractivity contribution in [3.63, 3.8) is 0 Å². The molecule has 0 aromatic heterocycles. The third-order valence-corrected chi connectivity index (χ3v) is 6.08. The first-order chi connectivity index (χ1) is 16.3. The highest BCUT2D eigenvalue weighted by molar-refractivity contribution is 6.01. The van der Waals surface area contributed by atoms with Gasteiger partial charge in [-0.2, -0.15) is 13.2 Å². The smallest absolute Gasteiger partial charge is 0.416 e. The van der Waals surface area contributed by atoms with E-state index in [1.807, 2.05) is 29.2 Å². The number of carboxylic acid groups (broad SMARTS) is 1. The first kappa shape index (κ1) is 25.6. The summed E-state index contributed by atoms with van der Waals surface area (Å²) >= 11 is 0. The highest BCUT2D eigenvalue weighted by atomic mass is 19.4. The van der Waals surface area contributed by atoms with Crippen LogP contribution in [0.2, 0.25) is 0 Å². The molecule has 1 saturated heterocycles. The summed E-state index contributed by atoms with van der Waals surface area (Å²) in [7, 11) is 0. The number of anilines is 1. The minimum atomic E-state index is -4.33. The van der Waals surface area contributed by atoms with Gasteiger partial charge in [0.05, 0.1) is 17.7 Å². The average molecular weight is 478 g/mol. The van der Waals surface area contributed by atoms with Crippen molar-refractivity contribution in [1.82, 2.24) is 4.90 Å². The van der Waals surface area contributed by atoms with E-state index in [0.717, 1.165) is 50.5 Å². The summed E-state index contributed by atoms with van der Waals surface area (Å²) in [6.07, 6.45) is -1.31. The van der Waals surface area contributed by atoms with Gasteiger partial charge in [0, 0.05) is 38.3 Å². The van der Waals surface area contributed by atoms with Gasteiger partial charge in [0.25, 0.3) is 0 Å². The Morgan fingerprint density at radius 1 is 0.971 bits per heavy atom. The van der Waals surface area contributed by atoms with Gasteiger partial charge in [-0.25, -0.2) is 0 Å². The Balaban J connectivity index is 1.38. The lowest BCUT2D eigenvalue weighted by atomic mass is 10.0. The number of hydrogen-bond acceptors (Lipinski definition) is 5.